The predicted molar refractivity (Wildman–Crippen MR) is 200 cm³/mol. The zero-order chi connectivity index (χ0) is 37.9. The molecule has 47 heavy (non-hydrogen) atoms. The van der Waals surface area contributed by atoms with Crippen molar-refractivity contribution < 1.29 is 15.4 Å². The number of rotatable bonds is 3. The van der Waals surface area contributed by atoms with Gasteiger partial charge in [-0.3, -0.25) is 0 Å². The van der Waals surface area contributed by atoms with Crippen molar-refractivity contribution in [3.8, 4) is 33.4 Å². The van der Waals surface area contributed by atoms with Crippen molar-refractivity contribution in [1.82, 2.24) is 0 Å². The molecule has 9 aromatic carbocycles. The Morgan fingerprint density at radius 2 is 0.979 bits per heavy atom. The van der Waals surface area contributed by atoms with Crippen LogP contribution in [0.15, 0.2) is 174 Å². The van der Waals surface area contributed by atoms with Crippen LogP contribution < -0.4 is 0 Å². The molecule has 10 aromatic rings. The maximum Gasteiger partial charge on any atom is 0.143 e. The van der Waals surface area contributed by atoms with E-state index in [9.17, 15) is 5.48 Å². The fourth-order valence-corrected chi connectivity index (χ4v) is 7.23. The Morgan fingerprint density at radius 1 is 0.404 bits per heavy atom. The highest BCUT2D eigenvalue weighted by Crippen LogP contribution is 2.49. The molecule has 0 saturated heterocycles. The normalized spacial score (nSPS) is 14.2. The molecule has 0 bridgehead atoms. The third-order valence-corrected chi connectivity index (χ3v) is 9.27. The van der Waals surface area contributed by atoms with Gasteiger partial charge in [0.05, 0.1) is 11.0 Å². The molecule has 0 unspecified atom stereocenters. The van der Waals surface area contributed by atoms with Crippen molar-refractivity contribution in [2.24, 2.45) is 0 Å². The Labute approximate surface area is 283 Å². The summed E-state index contributed by atoms with van der Waals surface area (Å²) in [5.74, 6) is 0. The smallest absolute Gasteiger partial charge is 0.143 e. The van der Waals surface area contributed by atoms with Gasteiger partial charge in [-0.1, -0.05) is 145 Å². The van der Waals surface area contributed by atoms with Gasteiger partial charge in [-0.2, -0.15) is 0 Å². The van der Waals surface area contributed by atoms with Gasteiger partial charge >= 0.3 is 0 Å². The molecule has 218 valence electrons. The molecule has 0 spiro atoms. The highest BCUT2D eigenvalue weighted by atomic mass is 16.3. The molecule has 0 fully saturated rings. The molecule has 10 rings (SSSR count). The van der Waals surface area contributed by atoms with Gasteiger partial charge in [0, 0.05) is 16.2 Å². The van der Waals surface area contributed by atoms with Gasteiger partial charge in [0.15, 0.2) is 0 Å². The van der Waals surface area contributed by atoms with Crippen molar-refractivity contribution in [2.75, 3.05) is 0 Å². The summed E-state index contributed by atoms with van der Waals surface area (Å²) in [6, 6.07) is 35.9. The van der Waals surface area contributed by atoms with Crippen LogP contribution in [0, 0.1) is 0 Å². The maximum atomic E-state index is 9.56. The van der Waals surface area contributed by atoms with Gasteiger partial charge < -0.3 is 4.42 Å². The lowest BCUT2D eigenvalue weighted by Crippen LogP contribution is -1.93. The lowest BCUT2D eigenvalue weighted by molar-refractivity contribution is 0.673. The minimum Gasteiger partial charge on any atom is -0.455 e. The van der Waals surface area contributed by atoms with E-state index in [1.54, 1.807) is 0 Å². The zero-order valence-electron chi connectivity index (χ0n) is 33.0. The first-order valence-corrected chi connectivity index (χ1v) is 15.5. The molecule has 0 atom stereocenters. The molecular formula is C46H28O. The number of benzene rings is 9. The minimum atomic E-state index is -0.443. The third kappa shape index (κ3) is 3.90. The first-order valence-electron chi connectivity index (χ1n) is 19.5. The largest absolute Gasteiger partial charge is 0.455 e. The van der Waals surface area contributed by atoms with E-state index in [2.05, 4.69) is 0 Å². The molecule has 0 amide bonds. The standard InChI is InChI=1S/C46H28O/c1-2-13-29(14-3-1)40-27-31-16-4-5-17-32(31)28-41(40)44-36-21-10-8-19-34(36)43(35-20-9-11-22-37(35)44)38-23-12-24-42-45(38)39-26-25-30-15-6-7-18-33(30)46(39)47-42/h1-28H/i8D,9D,10D,11D,19D,20D,21D,22D. The van der Waals surface area contributed by atoms with Crippen LogP contribution in [0.25, 0.3) is 98.4 Å². The molecule has 1 nitrogen and oxygen atoms in total. The second-order valence-electron chi connectivity index (χ2n) is 11.8. The molecule has 0 aliphatic rings. The van der Waals surface area contributed by atoms with Crippen LogP contribution in [0.4, 0.5) is 0 Å². The molecule has 0 saturated carbocycles. The molecule has 0 aliphatic heterocycles. The number of hydrogen-bond acceptors (Lipinski definition) is 1. The highest BCUT2D eigenvalue weighted by Gasteiger charge is 2.22. The molecule has 0 N–H and O–H groups in total. The summed E-state index contributed by atoms with van der Waals surface area (Å²) >= 11 is 0. The van der Waals surface area contributed by atoms with Crippen LogP contribution in [0.3, 0.4) is 0 Å². The first-order chi connectivity index (χ1) is 26.7. The van der Waals surface area contributed by atoms with E-state index in [-0.39, 0.29) is 51.3 Å². The number of furan rings is 1. The van der Waals surface area contributed by atoms with Crippen molar-refractivity contribution >= 4 is 65.0 Å². The van der Waals surface area contributed by atoms with Gasteiger partial charge in [-0.25, -0.2) is 0 Å². The van der Waals surface area contributed by atoms with Crippen LogP contribution in [0.5, 0.6) is 0 Å². The fraction of sp³-hybridized carbons (Fsp3) is 0. The number of fused-ring (bicyclic) bond motifs is 8. The average Bonchev–Trinajstić information content (AvgIpc) is 3.62. The van der Waals surface area contributed by atoms with Gasteiger partial charge in [-0.05, 0) is 95.3 Å². The van der Waals surface area contributed by atoms with Crippen LogP contribution in [-0.2, 0) is 0 Å². The summed E-state index contributed by atoms with van der Waals surface area (Å²) in [5, 5.41) is 5.82. The Bertz CT molecular complexity index is 3220. The SMILES string of the molecule is [2H]c1c([2H])c([2H])c2c(-c3cccc4oc5c6ccccc6ccc5c34)c3c([2H])c([2H])c([2H])c([2H])c3c(-c3cc4ccccc4cc3-c3ccccc3)c2c1[2H]. The lowest BCUT2D eigenvalue weighted by atomic mass is 9.82. The van der Waals surface area contributed by atoms with Gasteiger partial charge in [-0.15, -0.1) is 0 Å². The van der Waals surface area contributed by atoms with Gasteiger partial charge in [0.2, 0.25) is 0 Å². The van der Waals surface area contributed by atoms with Crippen molar-refractivity contribution in [3.05, 3.63) is 170 Å². The zero-order valence-corrected chi connectivity index (χ0v) is 25.0. The van der Waals surface area contributed by atoms with Crippen molar-refractivity contribution in [3.63, 3.8) is 0 Å². The first kappa shape index (κ1) is 19.4. The molecule has 1 aromatic heterocycles. The van der Waals surface area contributed by atoms with Crippen molar-refractivity contribution in [2.45, 2.75) is 0 Å². The molecule has 1 heteroatoms. The second kappa shape index (κ2) is 10.2. The molecule has 1 heterocycles. The Morgan fingerprint density at radius 3 is 1.66 bits per heavy atom. The topological polar surface area (TPSA) is 13.1 Å². The Hall–Kier alpha value is -6.18. The number of hydrogen-bond donors (Lipinski definition) is 0. The molecule has 0 radical (unpaired) electrons. The summed E-state index contributed by atoms with van der Waals surface area (Å²) in [7, 11) is 0. The van der Waals surface area contributed by atoms with Crippen LogP contribution in [0.2, 0.25) is 0 Å². The molecular weight excluding hydrogens is 569 g/mol. The predicted octanol–water partition coefficient (Wildman–Crippen LogP) is 13.2. The maximum absolute atomic E-state index is 9.56. The van der Waals surface area contributed by atoms with Crippen LogP contribution in [-0.4, -0.2) is 0 Å². The lowest BCUT2D eigenvalue weighted by Gasteiger charge is -2.20. The molecule has 0 aliphatic carbocycles. The summed E-state index contributed by atoms with van der Waals surface area (Å²) in [6.45, 7) is 0. The van der Waals surface area contributed by atoms with E-state index in [4.69, 9.17) is 9.90 Å². The quantitative estimate of drug-likeness (QED) is 0.183. The van der Waals surface area contributed by atoms with Crippen LogP contribution in [0.1, 0.15) is 11.0 Å². The fourth-order valence-electron chi connectivity index (χ4n) is 7.23. The Balaban J connectivity index is 1.50. The van der Waals surface area contributed by atoms with E-state index >= 15 is 0 Å². The second-order valence-corrected chi connectivity index (χ2v) is 11.8. The average molecular weight is 605 g/mol. The van der Waals surface area contributed by atoms with Gasteiger partial charge in [0.1, 0.15) is 11.2 Å². The summed E-state index contributed by atoms with van der Waals surface area (Å²) in [4.78, 5) is 0. The minimum absolute atomic E-state index is 0.161. The Kier molecular flexibility index (Phi) is 4.19. The summed E-state index contributed by atoms with van der Waals surface area (Å²) in [5.41, 5.74) is 4.50. The van der Waals surface area contributed by atoms with Crippen molar-refractivity contribution in [1.29, 1.82) is 0 Å². The highest BCUT2D eigenvalue weighted by molar-refractivity contribution is 6.27. The van der Waals surface area contributed by atoms with E-state index in [0.717, 1.165) is 38.1 Å². The van der Waals surface area contributed by atoms with E-state index in [1.165, 1.54) is 0 Å². The van der Waals surface area contributed by atoms with Gasteiger partial charge in [0.25, 0.3) is 0 Å². The summed E-state index contributed by atoms with van der Waals surface area (Å²) < 4.78 is 80.6. The summed E-state index contributed by atoms with van der Waals surface area (Å²) in [6.07, 6.45) is 0. The van der Waals surface area contributed by atoms with E-state index < -0.39 is 24.2 Å². The van der Waals surface area contributed by atoms with E-state index in [1.807, 2.05) is 121 Å². The van der Waals surface area contributed by atoms with Crippen LogP contribution >= 0.6 is 0 Å². The third-order valence-electron chi connectivity index (χ3n) is 9.27. The van der Waals surface area contributed by atoms with E-state index in [0.29, 0.717) is 33.2 Å². The monoisotopic (exact) mass is 604 g/mol.